The number of rotatable bonds is 5. The molecule has 22 heavy (non-hydrogen) atoms. The molecule has 1 aromatic carbocycles. The number of benzene rings is 1. The summed E-state index contributed by atoms with van der Waals surface area (Å²) in [5.74, 6) is 1.25. The van der Waals surface area contributed by atoms with Crippen molar-refractivity contribution in [3.8, 4) is 11.5 Å². The van der Waals surface area contributed by atoms with Crippen molar-refractivity contribution in [2.75, 3.05) is 25.1 Å². The van der Waals surface area contributed by atoms with Gasteiger partial charge in [0.15, 0.2) is 11.5 Å². The largest absolute Gasteiger partial charge is 0.486 e. The average Bonchev–Trinajstić information content (AvgIpc) is 2.56. The molecule has 1 aromatic heterocycles. The molecule has 0 aliphatic carbocycles. The summed E-state index contributed by atoms with van der Waals surface area (Å²) in [6.45, 7) is 1.84. The number of carbonyl (C=O) groups is 1. The number of aromatic nitrogens is 1. The molecule has 0 saturated carbocycles. The Morgan fingerprint density at radius 3 is 2.82 bits per heavy atom. The number of amides is 1. The number of fused-ring (bicyclic) bond motifs is 1. The van der Waals surface area contributed by atoms with E-state index in [1.54, 1.807) is 24.4 Å². The van der Waals surface area contributed by atoms with E-state index in [-0.39, 0.29) is 12.5 Å². The van der Waals surface area contributed by atoms with Crippen LogP contribution in [0.5, 0.6) is 11.5 Å². The van der Waals surface area contributed by atoms with Crippen LogP contribution in [0.25, 0.3) is 0 Å². The molecule has 0 saturated heterocycles. The minimum atomic E-state index is -0.118. The van der Waals surface area contributed by atoms with Crippen molar-refractivity contribution in [1.82, 2.24) is 10.3 Å². The number of ether oxygens (including phenoxy) is 2. The lowest BCUT2D eigenvalue weighted by Crippen LogP contribution is -2.28. The number of nitrogens with one attached hydrogen (secondary N) is 2. The van der Waals surface area contributed by atoms with E-state index in [0.717, 1.165) is 5.69 Å². The van der Waals surface area contributed by atoms with Gasteiger partial charge in [-0.05, 0) is 24.3 Å². The minimum Gasteiger partial charge on any atom is -0.486 e. The number of hydrogen-bond donors (Lipinski definition) is 2. The highest BCUT2D eigenvalue weighted by molar-refractivity contribution is 5.92. The van der Waals surface area contributed by atoms with Gasteiger partial charge >= 0.3 is 0 Å². The molecule has 1 amide bonds. The van der Waals surface area contributed by atoms with E-state index in [4.69, 9.17) is 9.47 Å². The molecule has 0 spiro atoms. The van der Waals surface area contributed by atoms with E-state index >= 15 is 0 Å². The van der Waals surface area contributed by atoms with Crippen LogP contribution in [-0.4, -0.2) is 30.6 Å². The van der Waals surface area contributed by atoms with Crippen LogP contribution in [0.4, 0.5) is 5.69 Å². The zero-order valence-corrected chi connectivity index (χ0v) is 12.0. The topological polar surface area (TPSA) is 72.5 Å². The van der Waals surface area contributed by atoms with Crippen LogP contribution < -0.4 is 20.1 Å². The Morgan fingerprint density at radius 1 is 1.14 bits per heavy atom. The van der Waals surface area contributed by atoms with Gasteiger partial charge in [-0.1, -0.05) is 6.07 Å². The monoisotopic (exact) mass is 299 g/mol. The van der Waals surface area contributed by atoms with E-state index in [9.17, 15) is 4.79 Å². The molecule has 0 atom stereocenters. The third kappa shape index (κ3) is 3.73. The average molecular weight is 299 g/mol. The summed E-state index contributed by atoms with van der Waals surface area (Å²) in [5, 5.41) is 5.87. The molecule has 0 bridgehead atoms. The predicted octanol–water partition coefficient (Wildman–Crippen LogP) is 1.58. The molecule has 0 unspecified atom stereocenters. The zero-order valence-electron chi connectivity index (χ0n) is 12.0. The fourth-order valence-electron chi connectivity index (χ4n) is 2.13. The van der Waals surface area contributed by atoms with Crippen LogP contribution in [0.1, 0.15) is 5.69 Å². The van der Waals surface area contributed by atoms with Gasteiger partial charge in [0.25, 0.3) is 0 Å². The van der Waals surface area contributed by atoms with Crippen molar-refractivity contribution in [3.05, 3.63) is 48.3 Å². The number of anilines is 1. The fraction of sp³-hybridized carbons (Fsp3) is 0.250. The maximum atomic E-state index is 11.9. The van der Waals surface area contributed by atoms with Crippen molar-refractivity contribution in [2.45, 2.75) is 6.54 Å². The lowest BCUT2D eigenvalue weighted by Gasteiger charge is -2.19. The van der Waals surface area contributed by atoms with Crippen LogP contribution in [0.15, 0.2) is 42.6 Å². The molecule has 114 valence electrons. The Kier molecular flexibility index (Phi) is 4.50. The van der Waals surface area contributed by atoms with Crippen LogP contribution >= 0.6 is 0 Å². The predicted molar refractivity (Wildman–Crippen MR) is 82.0 cm³/mol. The third-order valence-electron chi connectivity index (χ3n) is 3.14. The first kappa shape index (κ1) is 14.3. The molecule has 2 heterocycles. The summed E-state index contributed by atoms with van der Waals surface area (Å²) in [6.07, 6.45) is 1.73. The van der Waals surface area contributed by atoms with Gasteiger partial charge in [-0.15, -0.1) is 0 Å². The SMILES string of the molecule is O=C(CNCc1ccccn1)Nc1ccc2c(c1)OCCO2. The highest BCUT2D eigenvalue weighted by Gasteiger charge is 2.12. The number of carbonyl (C=O) groups excluding carboxylic acids is 1. The maximum absolute atomic E-state index is 11.9. The van der Waals surface area contributed by atoms with Crippen LogP contribution in [0.2, 0.25) is 0 Å². The molecule has 3 rings (SSSR count). The van der Waals surface area contributed by atoms with E-state index in [0.29, 0.717) is 36.9 Å². The lowest BCUT2D eigenvalue weighted by molar-refractivity contribution is -0.115. The van der Waals surface area contributed by atoms with Crippen molar-refractivity contribution in [1.29, 1.82) is 0 Å². The molecule has 1 aliphatic rings. The Labute approximate surface area is 128 Å². The first-order valence-corrected chi connectivity index (χ1v) is 7.11. The molecule has 2 aromatic rings. The Morgan fingerprint density at radius 2 is 2.00 bits per heavy atom. The van der Waals surface area contributed by atoms with Gasteiger partial charge in [-0.3, -0.25) is 9.78 Å². The van der Waals surface area contributed by atoms with Crippen molar-refractivity contribution >= 4 is 11.6 Å². The van der Waals surface area contributed by atoms with E-state index in [1.807, 2.05) is 18.2 Å². The summed E-state index contributed by atoms with van der Waals surface area (Å²) in [6, 6.07) is 11.0. The van der Waals surface area contributed by atoms with Crippen molar-refractivity contribution < 1.29 is 14.3 Å². The second-order valence-corrected chi connectivity index (χ2v) is 4.83. The highest BCUT2D eigenvalue weighted by Crippen LogP contribution is 2.32. The standard InChI is InChI=1S/C16H17N3O3/c20-16(11-17-10-13-3-1-2-6-18-13)19-12-4-5-14-15(9-12)22-8-7-21-14/h1-6,9,17H,7-8,10-11H2,(H,19,20). The first-order valence-electron chi connectivity index (χ1n) is 7.11. The van der Waals surface area contributed by atoms with Gasteiger partial charge < -0.3 is 20.1 Å². The molecule has 2 N–H and O–H groups in total. The van der Waals surface area contributed by atoms with E-state index in [2.05, 4.69) is 15.6 Å². The number of pyridine rings is 1. The number of hydrogen-bond acceptors (Lipinski definition) is 5. The van der Waals surface area contributed by atoms with E-state index < -0.39 is 0 Å². The molecule has 6 nitrogen and oxygen atoms in total. The minimum absolute atomic E-state index is 0.118. The van der Waals surface area contributed by atoms with Crippen molar-refractivity contribution in [2.24, 2.45) is 0 Å². The van der Waals surface area contributed by atoms with Crippen molar-refractivity contribution in [3.63, 3.8) is 0 Å². The second-order valence-electron chi connectivity index (χ2n) is 4.83. The van der Waals surface area contributed by atoms with Gasteiger partial charge in [0.05, 0.1) is 12.2 Å². The summed E-state index contributed by atoms with van der Waals surface area (Å²) in [5.41, 5.74) is 1.59. The molecule has 1 aliphatic heterocycles. The maximum Gasteiger partial charge on any atom is 0.238 e. The van der Waals surface area contributed by atoms with Gasteiger partial charge in [0.1, 0.15) is 13.2 Å². The molecule has 0 fully saturated rings. The Bertz CT molecular complexity index is 646. The Balaban J connectivity index is 1.49. The molecule has 0 radical (unpaired) electrons. The van der Waals surface area contributed by atoms with Gasteiger partial charge in [0, 0.05) is 24.5 Å². The van der Waals surface area contributed by atoms with Gasteiger partial charge in [-0.2, -0.15) is 0 Å². The Hall–Kier alpha value is -2.60. The summed E-state index contributed by atoms with van der Waals surface area (Å²) >= 11 is 0. The summed E-state index contributed by atoms with van der Waals surface area (Å²) in [7, 11) is 0. The van der Waals surface area contributed by atoms with Crippen LogP contribution in [0.3, 0.4) is 0 Å². The quantitative estimate of drug-likeness (QED) is 0.877. The third-order valence-corrected chi connectivity index (χ3v) is 3.14. The van der Waals surface area contributed by atoms with Gasteiger partial charge in [0.2, 0.25) is 5.91 Å². The highest BCUT2D eigenvalue weighted by atomic mass is 16.6. The molecular formula is C16H17N3O3. The fourth-order valence-corrected chi connectivity index (χ4v) is 2.13. The van der Waals surface area contributed by atoms with E-state index in [1.165, 1.54) is 0 Å². The smallest absolute Gasteiger partial charge is 0.238 e. The number of nitrogens with zero attached hydrogens (tertiary/aromatic N) is 1. The summed E-state index contributed by atoms with van der Waals surface area (Å²) < 4.78 is 10.9. The normalized spacial score (nSPS) is 12.7. The molecular weight excluding hydrogens is 282 g/mol. The first-order chi connectivity index (χ1) is 10.8. The van der Waals surface area contributed by atoms with Crippen LogP contribution in [-0.2, 0) is 11.3 Å². The van der Waals surface area contributed by atoms with Gasteiger partial charge in [-0.25, -0.2) is 0 Å². The molecule has 6 heteroatoms. The van der Waals surface area contributed by atoms with Crippen LogP contribution in [0, 0.1) is 0 Å². The second kappa shape index (κ2) is 6.91. The summed E-state index contributed by atoms with van der Waals surface area (Å²) in [4.78, 5) is 16.1. The lowest BCUT2D eigenvalue weighted by atomic mass is 10.2. The zero-order chi connectivity index (χ0) is 15.2.